The number of nitrogens with one attached hydrogen (secondary N) is 1. The van der Waals surface area contributed by atoms with Gasteiger partial charge >= 0.3 is 10.2 Å². The van der Waals surface area contributed by atoms with Crippen LogP contribution in [0.15, 0.2) is 48.5 Å². The quantitative estimate of drug-likeness (QED) is 0.450. The third-order valence-electron chi connectivity index (χ3n) is 2.79. The number of amides is 1. The van der Waals surface area contributed by atoms with Crippen LogP contribution in [0.5, 0.6) is 5.75 Å². The molecule has 4 N–H and O–H groups in total. The molecule has 2 rings (SSSR count). The summed E-state index contributed by atoms with van der Waals surface area (Å²) >= 11 is 0. The largest absolute Gasteiger partial charge is 0.506 e. The zero-order chi connectivity index (χ0) is 16.3. The predicted octanol–water partition coefficient (Wildman–Crippen LogP) is 1.68. The second-order valence-electron chi connectivity index (χ2n) is 4.50. The molecule has 7 nitrogen and oxygen atoms in total. The van der Waals surface area contributed by atoms with E-state index in [4.69, 9.17) is 5.73 Å². The lowest BCUT2D eigenvalue weighted by molar-refractivity contribution is -0.115. The molecule has 0 radical (unpaired) electrons. The highest BCUT2D eigenvalue weighted by Gasteiger charge is 2.26. The second kappa shape index (κ2) is 5.94. The highest BCUT2D eigenvalue weighted by molar-refractivity contribution is 7.94. The number of carbonyl (C=O) groups is 1. The molecule has 8 heteroatoms. The maximum atomic E-state index is 12.4. The van der Waals surface area contributed by atoms with Crippen LogP contribution in [0, 0.1) is 0 Å². The van der Waals surface area contributed by atoms with Gasteiger partial charge in [0, 0.05) is 6.92 Å². The third kappa shape index (κ3) is 3.29. The molecular weight excluding hydrogens is 306 g/mol. The molecule has 0 heterocycles. The molecule has 0 aliphatic rings. The molecule has 0 bridgehead atoms. The summed E-state index contributed by atoms with van der Waals surface area (Å²) in [6.45, 7) is 1.15. The van der Waals surface area contributed by atoms with Crippen molar-refractivity contribution in [1.82, 2.24) is 0 Å². The van der Waals surface area contributed by atoms with Gasteiger partial charge in [0.05, 0.1) is 17.1 Å². The topological polar surface area (TPSA) is 113 Å². The number of carbonyl (C=O) groups excluding carboxylic acids is 1. The van der Waals surface area contributed by atoms with Crippen LogP contribution in [0.25, 0.3) is 0 Å². The number of rotatable bonds is 4. The van der Waals surface area contributed by atoms with Crippen molar-refractivity contribution in [2.24, 2.45) is 0 Å². The van der Waals surface area contributed by atoms with Crippen LogP contribution in [-0.2, 0) is 15.0 Å². The Labute approximate surface area is 128 Å². The number of para-hydroxylation sites is 1. The highest BCUT2D eigenvalue weighted by Crippen LogP contribution is 2.25. The molecule has 0 atom stereocenters. The van der Waals surface area contributed by atoms with E-state index in [0.717, 1.165) is 6.92 Å². The number of aromatic hydroxyl groups is 1. The van der Waals surface area contributed by atoms with Crippen LogP contribution in [0.3, 0.4) is 0 Å². The summed E-state index contributed by atoms with van der Waals surface area (Å²) in [7, 11) is -4.16. The van der Waals surface area contributed by atoms with E-state index in [1.54, 1.807) is 18.2 Å². The summed E-state index contributed by atoms with van der Waals surface area (Å²) in [5.41, 5.74) is 5.90. The number of hydrogen-bond acceptors (Lipinski definition) is 5. The van der Waals surface area contributed by atoms with Gasteiger partial charge in [0.2, 0.25) is 5.91 Å². The first-order chi connectivity index (χ1) is 10.3. The molecule has 0 fully saturated rings. The minimum atomic E-state index is -4.16. The first kappa shape index (κ1) is 15.6. The van der Waals surface area contributed by atoms with E-state index < -0.39 is 16.1 Å². The molecule has 0 saturated carbocycles. The number of nitrogen functional groups attached to an aromatic ring is 1. The summed E-state index contributed by atoms with van der Waals surface area (Å²) in [5, 5.41) is 9.35. The van der Waals surface area contributed by atoms with E-state index in [-0.39, 0.29) is 22.8 Å². The predicted molar refractivity (Wildman–Crippen MR) is 84.7 cm³/mol. The van der Waals surface area contributed by atoms with Crippen molar-refractivity contribution in [3.8, 4) is 5.75 Å². The zero-order valence-corrected chi connectivity index (χ0v) is 12.5. The van der Waals surface area contributed by atoms with Gasteiger partial charge in [0.15, 0.2) is 0 Å². The lowest BCUT2D eigenvalue weighted by Gasteiger charge is -2.21. The number of phenolic OH excluding ortho intramolecular Hbond substituents is 1. The molecular formula is C14H15N3O4S. The standard InChI is InChI=1S/C14H15N3O4S/c1-10(18)17(12-5-3-2-4-6-12)22(20,21)16-11-7-8-14(19)13(15)9-11/h2-9,16,19H,15H2,1H3. The van der Waals surface area contributed by atoms with Crippen LogP contribution < -0.4 is 14.8 Å². The summed E-state index contributed by atoms with van der Waals surface area (Å²) in [6, 6.07) is 11.8. The second-order valence-corrected chi connectivity index (χ2v) is 6.02. The molecule has 0 aliphatic heterocycles. The number of benzene rings is 2. The lowest BCUT2D eigenvalue weighted by atomic mass is 10.3. The summed E-state index contributed by atoms with van der Waals surface area (Å²) in [4.78, 5) is 11.7. The van der Waals surface area contributed by atoms with Gasteiger partial charge in [-0.2, -0.15) is 12.7 Å². The van der Waals surface area contributed by atoms with E-state index in [9.17, 15) is 18.3 Å². The molecule has 0 spiro atoms. The number of hydrogen-bond donors (Lipinski definition) is 3. The first-order valence-electron chi connectivity index (χ1n) is 6.28. The van der Waals surface area contributed by atoms with Crippen LogP contribution in [0.2, 0.25) is 0 Å². The Hall–Kier alpha value is -2.74. The Morgan fingerprint density at radius 1 is 1.18 bits per heavy atom. The first-order valence-corrected chi connectivity index (χ1v) is 7.72. The Morgan fingerprint density at radius 2 is 1.82 bits per heavy atom. The Morgan fingerprint density at radius 3 is 2.36 bits per heavy atom. The molecule has 2 aromatic carbocycles. The molecule has 116 valence electrons. The Balaban J connectivity index is 2.38. The summed E-state index contributed by atoms with van der Waals surface area (Å²) in [5.74, 6) is -0.820. The zero-order valence-electron chi connectivity index (χ0n) is 11.7. The van der Waals surface area contributed by atoms with Crippen molar-refractivity contribution < 1.29 is 18.3 Å². The van der Waals surface area contributed by atoms with Crippen molar-refractivity contribution in [2.75, 3.05) is 14.8 Å². The third-order valence-corrected chi connectivity index (χ3v) is 4.23. The van der Waals surface area contributed by atoms with Gasteiger partial charge in [-0.15, -0.1) is 0 Å². The van der Waals surface area contributed by atoms with Crippen molar-refractivity contribution in [1.29, 1.82) is 0 Å². The van der Waals surface area contributed by atoms with Crippen LogP contribution in [-0.4, -0.2) is 19.4 Å². The van der Waals surface area contributed by atoms with Crippen molar-refractivity contribution >= 4 is 33.2 Å². The van der Waals surface area contributed by atoms with Gasteiger partial charge in [0.25, 0.3) is 0 Å². The van der Waals surface area contributed by atoms with Crippen molar-refractivity contribution in [3.05, 3.63) is 48.5 Å². The van der Waals surface area contributed by atoms with Crippen LogP contribution in [0.1, 0.15) is 6.92 Å². The fourth-order valence-electron chi connectivity index (χ4n) is 1.87. The van der Waals surface area contributed by atoms with E-state index in [0.29, 0.717) is 4.31 Å². The molecule has 0 unspecified atom stereocenters. The SMILES string of the molecule is CC(=O)N(c1ccccc1)S(=O)(=O)Nc1ccc(O)c(N)c1. The fraction of sp³-hybridized carbons (Fsp3) is 0.0714. The van der Waals surface area contributed by atoms with Gasteiger partial charge in [-0.25, -0.2) is 0 Å². The lowest BCUT2D eigenvalue weighted by Crippen LogP contribution is -2.39. The van der Waals surface area contributed by atoms with E-state index in [1.165, 1.54) is 30.3 Å². The van der Waals surface area contributed by atoms with E-state index in [1.807, 2.05) is 0 Å². The van der Waals surface area contributed by atoms with E-state index >= 15 is 0 Å². The van der Waals surface area contributed by atoms with Gasteiger partial charge in [0.1, 0.15) is 5.75 Å². The maximum Gasteiger partial charge on any atom is 0.330 e. The number of nitrogens with two attached hydrogens (primary N) is 1. The number of phenols is 1. The minimum absolute atomic E-state index is 0.0225. The van der Waals surface area contributed by atoms with Crippen LogP contribution in [0.4, 0.5) is 17.1 Å². The summed E-state index contributed by atoms with van der Waals surface area (Å²) < 4.78 is 27.8. The average Bonchev–Trinajstić information content (AvgIpc) is 2.43. The van der Waals surface area contributed by atoms with Gasteiger partial charge in [-0.3, -0.25) is 9.52 Å². The minimum Gasteiger partial charge on any atom is -0.506 e. The smallest absolute Gasteiger partial charge is 0.330 e. The van der Waals surface area contributed by atoms with Gasteiger partial charge < -0.3 is 10.8 Å². The van der Waals surface area contributed by atoms with Crippen molar-refractivity contribution in [2.45, 2.75) is 6.92 Å². The number of anilines is 3. The average molecular weight is 321 g/mol. The van der Waals surface area contributed by atoms with Crippen LogP contribution >= 0.6 is 0 Å². The normalized spacial score (nSPS) is 11.0. The maximum absolute atomic E-state index is 12.4. The Bertz CT molecular complexity index is 791. The molecule has 0 saturated heterocycles. The molecule has 2 aromatic rings. The monoisotopic (exact) mass is 321 g/mol. The fourth-order valence-corrected chi connectivity index (χ4v) is 3.12. The summed E-state index contributed by atoms with van der Waals surface area (Å²) in [6.07, 6.45) is 0. The van der Waals surface area contributed by atoms with Gasteiger partial charge in [-0.1, -0.05) is 18.2 Å². The molecule has 22 heavy (non-hydrogen) atoms. The number of nitrogens with zero attached hydrogens (tertiary/aromatic N) is 1. The van der Waals surface area contributed by atoms with Crippen molar-refractivity contribution in [3.63, 3.8) is 0 Å². The van der Waals surface area contributed by atoms with Gasteiger partial charge in [-0.05, 0) is 30.3 Å². The highest BCUT2D eigenvalue weighted by atomic mass is 32.2. The molecule has 1 amide bonds. The molecule has 0 aliphatic carbocycles. The Kier molecular flexibility index (Phi) is 4.22. The molecule has 0 aromatic heterocycles. The van der Waals surface area contributed by atoms with E-state index in [2.05, 4.69) is 4.72 Å².